The summed E-state index contributed by atoms with van der Waals surface area (Å²) in [7, 11) is -1.93. The highest BCUT2D eigenvalue weighted by molar-refractivity contribution is 7.89. The minimum absolute atomic E-state index is 0.240. The Hall–Kier alpha value is -1.73. The van der Waals surface area contributed by atoms with Crippen molar-refractivity contribution < 1.29 is 8.42 Å². The molecule has 0 fully saturated rings. The highest BCUT2D eigenvalue weighted by Crippen LogP contribution is 2.21. The lowest BCUT2D eigenvalue weighted by molar-refractivity contribution is 0.446. The number of hydrogen-bond donors (Lipinski definition) is 0. The molecule has 2 heterocycles. The molecular formula is C14H18N4O2S. The highest BCUT2D eigenvalue weighted by Gasteiger charge is 2.25. The van der Waals surface area contributed by atoms with Gasteiger partial charge >= 0.3 is 0 Å². The molecule has 0 radical (unpaired) electrons. The van der Waals surface area contributed by atoms with Gasteiger partial charge in [0.2, 0.25) is 10.0 Å². The predicted octanol–water partition coefficient (Wildman–Crippen LogP) is 1.35. The minimum atomic E-state index is -3.51. The van der Waals surface area contributed by atoms with E-state index in [1.54, 1.807) is 32.2 Å². The molecule has 0 atom stereocenters. The van der Waals surface area contributed by atoms with Crippen molar-refractivity contribution in [2.75, 3.05) is 7.05 Å². The summed E-state index contributed by atoms with van der Waals surface area (Å²) in [6.45, 7) is 2.91. The van der Waals surface area contributed by atoms with Crippen molar-refractivity contribution in [3.63, 3.8) is 0 Å². The van der Waals surface area contributed by atoms with Crippen LogP contribution in [-0.2, 0) is 29.5 Å². The van der Waals surface area contributed by atoms with Crippen LogP contribution >= 0.6 is 0 Å². The molecule has 0 N–H and O–H groups in total. The molecule has 1 aromatic carbocycles. The zero-order valence-corrected chi connectivity index (χ0v) is 13.0. The fraction of sp³-hybridized carbons (Fsp3) is 0.429. The zero-order chi connectivity index (χ0) is 15.0. The normalized spacial score (nSPS) is 14.6. The van der Waals surface area contributed by atoms with Crippen molar-refractivity contribution in [2.24, 2.45) is 0 Å². The van der Waals surface area contributed by atoms with Gasteiger partial charge in [-0.2, -0.15) is 4.31 Å². The molecule has 0 aliphatic carbocycles. The fourth-order valence-corrected chi connectivity index (χ4v) is 3.97. The summed E-state index contributed by atoms with van der Waals surface area (Å²) >= 11 is 0. The van der Waals surface area contributed by atoms with Gasteiger partial charge in [-0.15, -0.1) is 10.2 Å². The van der Waals surface area contributed by atoms with E-state index >= 15 is 0 Å². The summed E-state index contributed by atoms with van der Waals surface area (Å²) < 4.78 is 28.7. The molecule has 1 aliphatic heterocycles. The maximum atomic E-state index is 12.6. The average Bonchev–Trinajstić information content (AvgIpc) is 3.04. The Kier molecular flexibility index (Phi) is 3.54. The number of aryl methyl sites for hydroxylation is 2. The first kappa shape index (κ1) is 14.2. The van der Waals surface area contributed by atoms with Gasteiger partial charge in [0.25, 0.3) is 0 Å². The number of sulfonamides is 1. The van der Waals surface area contributed by atoms with E-state index in [9.17, 15) is 8.42 Å². The van der Waals surface area contributed by atoms with Crippen molar-refractivity contribution in [3.05, 3.63) is 41.5 Å². The lowest BCUT2D eigenvalue weighted by atomic mass is 10.2. The Balaban J connectivity index is 1.88. The van der Waals surface area contributed by atoms with Crippen LogP contribution in [0.1, 0.15) is 23.6 Å². The Bertz CT molecular complexity index is 767. The third-order valence-electron chi connectivity index (χ3n) is 3.83. The molecule has 1 aliphatic rings. The highest BCUT2D eigenvalue weighted by atomic mass is 32.2. The third kappa shape index (κ3) is 2.47. The molecule has 2 aromatic rings. The number of nitrogens with zero attached hydrogens (tertiary/aromatic N) is 4. The van der Waals surface area contributed by atoms with Crippen molar-refractivity contribution in [2.45, 2.75) is 37.8 Å². The average molecular weight is 306 g/mol. The van der Waals surface area contributed by atoms with E-state index in [0.29, 0.717) is 10.7 Å². The van der Waals surface area contributed by atoms with Gasteiger partial charge in [0, 0.05) is 20.0 Å². The number of aromatic nitrogens is 3. The van der Waals surface area contributed by atoms with Crippen LogP contribution < -0.4 is 0 Å². The van der Waals surface area contributed by atoms with E-state index in [0.717, 1.165) is 30.8 Å². The van der Waals surface area contributed by atoms with E-state index in [1.165, 1.54) is 4.31 Å². The lowest BCUT2D eigenvalue weighted by Crippen LogP contribution is -2.28. The summed E-state index contributed by atoms with van der Waals surface area (Å²) in [5, 5.41) is 8.23. The topological polar surface area (TPSA) is 68.1 Å². The van der Waals surface area contributed by atoms with Gasteiger partial charge in [0.05, 0.1) is 11.4 Å². The summed E-state index contributed by atoms with van der Waals surface area (Å²) in [5.74, 6) is 1.66. The van der Waals surface area contributed by atoms with Gasteiger partial charge in [-0.25, -0.2) is 8.42 Å². The van der Waals surface area contributed by atoms with E-state index in [-0.39, 0.29) is 6.54 Å². The van der Waals surface area contributed by atoms with E-state index in [1.807, 2.05) is 10.6 Å². The quantitative estimate of drug-likeness (QED) is 0.855. The van der Waals surface area contributed by atoms with Crippen LogP contribution in [0, 0.1) is 6.92 Å². The minimum Gasteiger partial charge on any atom is -0.314 e. The molecule has 21 heavy (non-hydrogen) atoms. The second-order valence-electron chi connectivity index (χ2n) is 5.31. The van der Waals surface area contributed by atoms with Crippen LogP contribution in [0.3, 0.4) is 0 Å². The first-order valence-electron chi connectivity index (χ1n) is 6.93. The van der Waals surface area contributed by atoms with Gasteiger partial charge < -0.3 is 4.57 Å². The molecule has 0 bridgehead atoms. The SMILES string of the molecule is Cc1ccccc1S(=O)(=O)N(C)Cc1nnc2n1CCC2. The Morgan fingerprint density at radius 1 is 1.29 bits per heavy atom. The zero-order valence-electron chi connectivity index (χ0n) is 12.2. The van der Waals surface area contributed by atoms with Crippen LogP contribution in [0.2, 0.25) is 0 Å². The Labute approximate surface area is 124 Å². The van der Waals surface area contributed by atoms with E-state index < -0.39 is 10.0 Å². The van der Waals surface area contributed by atoms with Crippen LogP contribution in [0.25, 0.3) is 0 Å². The fourth-order valence-electron chi connectivity index (χ4n) is 2.63. The largest absolute Gasteiger partial charge is 0.314 e. The standard InChI is InChI=1S/C14H18N4O2S/c1-11-6-3-4-7-12(11)21(19,20)17(2)10-14-16-15-13-8-5-9-18(13)14/h3-4,6-7H,5,8-10H2,1-2H3. The monoisotopic (exact) mass is 306 g/mol. The summed E-state index contributed by atoms with van der Waals surface area (Å²) in [4.78, 5) is 0.341. The molecule has 0 unspecified atom stereocenters. The molecule has 0 saturated carbocycles. The van der Waals surface area contributed by atoms with Crippen LogP contribution in [0.5, 0.6) is 0 Å². The molecule has 7 heteroatoms. The van der Waals surface area contributed by atoms with Gasteiger partial charge in [-0.1, -0.05) is 18.2 Å². The Morgan fingerprint density at radius 2 is 2.05 bits per heavy atom. The van der Waals surface area contributed by atoms with Crippen LogP contribution in [0.4, 0.5) is 0 Å². The lowest BCUT2D eigenvalue weighted by Gasteiger charge is -2.18. The molecule has 112 valence electrons. The van der Waals surface area contributed by atoms with Gasteiger partial charge in [-0.05, 0) is 25.0 Å². The molecule has 1 aromatic heterocycles. The van der Waals surface area contributed by atoms with Crippen molar-refractivity contribution in [1.29, 1.82) is 0 Å². The summed E-state index contributed by atoms with van der Waals surface area (Å²) in [6.07, 6.45) is 1.97. The molecule has 0 amide bonds. The number of fused-ring (bicyclic) bond motifs is 1. The molecular weight excluding hydrogens is 288 g/mol. The van der Waals surface area contributed by atoms with Crippen molar-refractivity contribution in [3.8, 4) is 0 Å². The Morgan fingerprint density at radius 3 is 2.81 bits per heavy atom. The van der Waals surface area contributed by atoms with Gasteiger partial charge in [0.1, 0.15) is 11.6 Å². The van der Waals surface area contributed by atoms with E-state index in [2.05, 4.69) is 10.2 Å². The molecule has 6 nitrogen and oxygen atoms in total. The first-order chi connectivity index (χ1) is 10.00. The summed E-state index contributed by atoms with van der Waals surface area (Å²) in [5.41, 5.74) is 0.746. The smallest absolute Gasteiger partial charge is 0.243 e. The van der Waals surface area contributed by atoms with Crippen LogP contribution in [-0.4, -0.2) is 34.5 Å². The molecule has 0 saturated heterocycles. The van der Waals surface area contributed by atoms with Crippen LogP contribution in [0.15, 0.2) is 29.2 Å². The van der Waals surface area contributed by atoms with Crippen molar-refractivity contribution >= 4 is 10.0 Å². The maximum Gasteiger partial charge on any atom is 0.243 e. The number of benzene rings is 1. The van der Waals surface area contributed by atoms with Crippen molar-refractivity contribution in [1.82, 2.24) is 19.1 Å². The number of rotatable bonds is 4. The second-order valence-corrected chi connectivity index (χ2v) is 7.33. The maximum absolute atomic E-state index is 12.6. The second kappa shape index (κ2) is 5.23. The summed E-state index contributed by atoms with van der Waals surface area (Å²) in [6, 6.07) is 7.01. The van der Waals surface area contributed by atoms with Gasteiger partial charge in [-0.3, -0.25) is 0 Å². The molecule has 0 spiro atoms. The molecule has 3 rings (SSSR count). The predicted molar refractivity (Wildman–Crippen MR) is 78.2 cm³/mol. The first-order valence-corrected chi connectivity index (χ1v) is 8.37. The van der Waals surface area contributed by atoms with E-state index in [4.69, 9.17) is 0 Å². The van der Waals surface area contributed by atoms with Gasteiger partial charge in [0.15, 0.2) is 0 Å². The number of hydrogen-bond acceptors (Lipinski definition) is 4. The third-order valence-corrected chi connectivity index (χ3v) is 5.80.